The third-order valence-electron chi connectivity index (χ3n) is 2.74. The van der Waals surface area contributed by atoms with Crippen LogP contribution in [0.3, 0.4) is 0 Å². The Bertz CT molecular complexity index is 560. The minimum Gasteiger partial charge on any atom is -0.387 e. The first kappa shape index (κ1) is 15.5. The van der Waals surface area contributed by atoms with Crippen LogP contribution in [0.2, 0.25) is 0 Å². The summed E-state index contributed by atoms with van der Waals surface area (Å²) in [6.45, 7) is 3.06. The lowest BCUT2D eigenvalue weighted by Crippen LogP contribution is -2.19. The maximum atomic E-state index is 10.1. The highest BCUT2D eigenvalue weighted by Gasteiger charge is 2.11. The van der Waals surface area contributed by atoms with E-state index >= 15 is 0 Å². The van der Waals surface area contributed by atoms with Crippen molar-refractivity contribution in [3.63, 3.8) is 0 Å². The molecule has 0 bridgehead atoms. The van der Waals surface area contributed by atoms with Gasteiger partial charge < -0.3 is 20.6 Å². The fourth-order valence-corrected chi connectivity index (χ4v) is 2.36. The lowest BCUT2D eigenvalue weighted by Gasteiger charge is -2.15. The van der Waals surface area contributed by atoms with E-state index in [1.165, 1.54) is 0 Å². The van der Waals surface area contributed by atoms with Crippen LogP contribution in [0.5, 0.6) is 0 Å². The Hall–Kier alpha value is -1.93. The first-order chi connectivity index (χ1) is 10.1. The molecule has 2 rings (SSSR count). The minimum atomic E-state index is -0.585. The van der Waals surface area contributed by atoms with Crippen molar-refractivity contribution in [1.29, 1.82) is 0 Å². The van der Waals surface area contributed by atoms with Crippen LogP contribution in [0.15, 0.2) is 16.8 Å². The number of hydrogen-bond acceptors (Lipinski definition) is 8. The number of aliphatic hydroxyl groups is 1. The Morgan fingerprint density at radius 3 is 2.52 bits per heavy atom. The van der Waals surface area contributed by atoms with Crippen molar-refractivity contribution in [1.82, 2.24) is 15.0 Å². The molecule has 0 fully saturated rings. The molecule has 8 heteroatoms. The maximum Gasteiger partial charge on any atom is 0.231 e. The molecule has 2 aromatic heterocycles. The van der Waals surface area contributed by atoms with Crippen LogP contribution in [-0.4, -0.2) is 47.2 Å². The van der Waals surface area contributed by atoms with Gasteiger partial charge in [-0.3, -0.25) is 0 Å². The van der Waals surface area contributed by atoms with Gasteiger partial charge in [-0.1, -0.05) is 0 Å². The SMILES string of the molecule is CCNc1nc(NCC(O)c2ccsc2)nc(N(C)C)n1. The van der Waals surface area contributed by atoms with Gasteiger partial charge in [0.2, 0.25) is 17.8 Å². The Balaban J connectivity index is 2.07. The molecular formula is C13H20N6OS. The number of aromatic nitrogens is 3. The average Bonchev–Trinajstić information content (AvgIpc) is 2.99. The van der Waals surface area contributed by atoms with Crippen molar-refractivity contribution in [2.75, 3.05) is 42.7 Å². The Morgan fingerprint density at radius 1 is 1.24 bits per heavy atom. The predicted molar refractivity (Wildman–Crippen MR) is 86.1 cm³/mol. The predicted octanol–water partition coefficient (Wildman–Crippen LogP) is 1.58. The monoisotopic (exact) mass is 308 g/mol. The van der Waals surface area contributed by atoms with Gasteiger partial charge in [-0.2, -0.15) is 26.3 Å². The van der Waals surface area contributed by atoms with E-state index < -0.39 is 6.10 Å². The molecule has 21 heavy (non-hydrogen) atoms. The van der Waals surface area contributed by atoms with E-state index in [0.717, 1.165) is 12.1 Å². The highest BCUT2D eigenvalue weighted by molar-refractivity contribution is 7.07. The lowest BCUT2D eigenvalue weighted by atomic mass is 10.2. The van der Waals surface area contributed by atoms with Gasteiger partial charge in [-0.15, -0.1) is 0 Å². The zero-order valence-corrected chi connectivity index (χ0v) is 13.2. The quantitative estimate of drug-likeness (QED) is 0.716. The fraction of sp³-hybridized carbons (Fsp3) is 0.462. The molecule has 0 aliphatic carbocycles. The van der Waals surface area contributed by atoms with Gasteiger partial charge in [0, 0.05) is 27.2 Å². The molecule has 0 spiro atoms. The molecule has 0 aliphatic heterocycles. The lowest BCUT2D eigenvalue weighted by molar-refractivity contribution is 0.192. The number of anilines is 3. The van der Waals surface area contributed by atoms with Gasteiger partial charge in [0.25, 0.3) is 0 Å². The van der Waals surface area contributed by atoms with Crippen molar-refractivity contribution in [3.8, 4) is 0 Å². The third kappa shape index (κ3) is 4.27. The summed E-state index contributed by atoms with van der Waals surface area (Å²) in [6, 6.07) is 1.90. The second-order valence-electron chi connectivity index (χ2n) is 4.66. The van der Waals surface area contributed by atoms with E-state index in [1.54, 1.807) is 11.3 Å². The van der Waals surface area contributed by atoms with Crippen molar-refractivity contribution < 1.29 is 5.11 Å². The van der Waals surface area contributed by atoms with E-state index in [0.29, 0.717) is 24.4 Å². The minimum absolute atomic E-state index is 0.346. The number of hydrogen-bond donors (Lipinski definition) is 3. The molecule has 1 unspecified atom stereocenters. The normalized spacial score (nSPS) is 12.0. The topological polar surface area (TPSA) is 86.2 Å². The van der Waals surface area contributed by atoms with Crippen LogP contribution in [-0.2, 0) is 0 Å². The fourth-order valence-electron chi connectivity index (χ4n) is 1.65. The molecule has 0 saturated carbocycles. The number of nitrogens with zero attached hydrogens (tertiary/aromatic N) is 4. The molecule has 7 nitrogen and oxygen atoms in total. The van der Waals surface area contributed by atoms with Crippen LogP contribution in [0.1, 0.15) is 18.6 Å². The molecule has 114 valence electrons. The molecule has 0 radical (unpaired) electrons. The van der Waals surface area contributed by atoms with E-state index in [-0.39, 0.29) is 0 Å². The van der Waals surface area contributed by atoms with Crippen molar-refractivity contribution in [2.45, 2.75) is 13.0 Å². The van der Waals surface area contributed by atoms with Crippen LogP contribution in [0.4, 0.5) is 17.8 Å². The van der Waals surface area contributed by atoms with Crippen molar-refractivity contribution in [2.24, 2.45) is 0 Å². The van der Waals surface area contributed by atoms with Crippen LogP contribution in [0.25, 0.3) is 0 Å². The Labute approximate surface area is 128 Å². The summed E-state index contributed by atoms with van der Waals surface area (Å²) in [5.41, 5.74) is 0.890. The van der Waals surface area contributed by atoms with E-state index in [1.807, 2.05) is 42.7 Å². The van der Waals surface area contributed by atoms with Gasteiger partial charge in [0.05, 0.1) is 6.10 Å². The highest BCUT2D eigenvalue weighted by atomic mass is 32.1. The highest BCUT2D eigenvalue weighted by Crippen LogP contribution is 2.17. The maximum absolute atomic E-state index is 10.1. The van der Waals surface area contributed by atoms with Gasteiger partial charge >= 0.3 is 0 Å². The van der Waals surface area contributed by atoms with Gasteiger partial charge in [-0.05, 0) is 29.3 Å². The van der Waals surface area contributed by atoms with Crippen molar-refractivity contribution >= 4 is 29.2 Å². The third-order valence-corrected chi connectivity index (χ3v) is 3.44. The number of thiophene rings is 1. The smallest absolute Gasteiger partial charge is 0.231 e. The van der Waals surface area contributed by atoms with E-state index in [9.17, 15) is 5.11 Å². The molecule has 2 aromatic rings. The summed E-state index contributed by atoms with van der Waals surface area (Å²) in [5.74, 6) is 1.52. The number of nitrogens with one attached hydrogen (secondary N) is 2. The van der Waals surface area contributed by atoms with Gasteiger partial charge in [0.15, 0.2) is 0 Å². The molecule has 0 aliphatic rings. The number of rotatable bonds is 7. The molecule has 2 heterocycles. The Kier molecular flexibility index (Phi) is 5.29. The van der Waals surface area contributed by atoms with E-state index in [2.05, 4.69) is 25.6 Å². The van der Waals surface area contributed by atoms with Crippen LogP contribution in [0, 0.1) is 0 Å². The second-order valence-corrected chi connectivity index (χ2v) is 5.44. The summed E-state index contributed by atoms with van der Waals surface area (Å²) in [5, 5.41) is 20.1. The van der Waals surface area contributed by atoms with Crippen LogP contribution < -0.4 is 15.5 Å². The standard InChI is InChI=1S/C13H20N6OS/c1-4-14-11-16-12(18-13(17-11)19(2)3)15-7-10(20)9-5-6-21-8-9/h5-6,8,10,20H,4,7H2,1-3H3,(H2,14,15,16,17,18). The molecule has 0 amide bonds. The summed E-state index contributed by atoms with van der Waals surface area (Å²) in [7, 11) is 3.74. The largest absolute Gasteiger partial charge is 0.387 e. The average molecular weight is 308 g/mol. The van der Waals surface area contributed by atoms with Crippen LogP contribution >= 0.6 is 11.3 Å². The first-order valence-electron chi connectivity index (χ1n) is 6.71. The first-order valence-corrected chi connectivity index (χ1v) is 7.65. The number of aliphatic hydroxyl groups excluding tert-OH is 1. The molecular weight excluding hydrogens is 288 g/mol. The summed E-state index contributed by atoms with van der Waals surface area (Å²) >= 11 is 1.56. The molecule has 0 aromatic carbocycles. The zero-order valence-electron chi connectivity index (χ0n) is 12.4. The molecule has 3 N–H and O–H groups in total. The van der Waals surface area contributed by atoms with Crippen molar-refractivity contribution in [3.05, 3.63) is 22.4 Å². The van der Waals surface area contributed by atoms with Gasteiger partial charge in [0.1, 0.15) is 0 Å². The summed E-state index contributed by atoms with van der Waals surface area (Å²) in [6.07, 6.45) is -0.585. The van der Waals surface area contributed by atoms with E-state index in [4.69, 9.17) is 0 Å². The second kappa shape index (κ2) is 7.19. The summed E-state index contributed by atoms with van der Waals surface area (Å²) < 4.78 is 0. The van der Waals surface area contributed by atoms with Gasteiger partial charge in [-0.25, -0.2) is 0 Å². The zero-order chi connectivity index (χ0) is 15.2. The molecule has 1 atom stereocenters. The summed E-state index contributed by atoms with van der Waals surface area (Å²) in [4.78, 5) is 14.7. The molecule has 0 saturated heterocycles. The Morgan fingerprint density at radius 2 is 1.95 bits per heavy atom.